The Kier molecular flexibility index (Phi) is 14.8. The molecule has 4 rings (SSSR count). The molecule has 3 aromatic rings. The van der Waals surface area contributed by atoms with Gasteiger partial charge in [-0.15, -0.1) is 0 Å². The molecule has 1 saturated heterocycles. The summed E-state index contributed by atoms with van der Waals surface area (Å²) < 4.78 is 15.0. The lowest BCUT2D eigenvalue weighted by molar-refractivity contribution is 0.139. The van der Waals surface area contributed by atoms with Crippen molar-refractivity contribution >= 4 is 40.0 Å². The molecule has 0 bridgehead atoms. The Hall–Kier alpha value is -2.76. The van der Waals surface area contributed by atoms with Gasteiger partial charge in [0.1, 0.15) is 11.6 Å². The predicted molar refractivity (Wildman–Crippen MR) is 188 cm³/mol. The van der Waals surface area contributed by atoms with Gasteiger partial charge in [0, 0.05) is 45.7 Å². The number of nitrogens with two attached hydrogens (primary N) is 1. The first-order valence-electron chi connectivity index (χ1n) is 16.0. The highest BCUT2D eigenvalue weighted by Gasteiger charge is 2.22. The van der Waals surface area contributed by atoms with E-state index in [4.69, 9.17) is 22.7 Å². The third-order valence-electron chi connectivity index (χ3n) is 8.16. The Labute approximate surface area is 265 Å². The van der Waals surface area contributed by atoms with E-state index in [0.717, 1.165) is 28.5 Å². The first-order valence-corrected chi connectivity index (χ1v) is 16.4. The summed E-state index contributed by atoms with van der Waals surface area (Å²) in [6, 6.07) is 6.84. The van der Waals surface area contributed by atoms with Gasteiger partial charge in [-0.2, -0.15) is 0 Å². The molecular formula is C37H54ClFN4. The van der Waals surface area contributed by atoms with Gasteiger partial charge >= 0.3 is 0 Å². The van der Waals surface area contributed by atoms with Crippen molar-refractivity contribution in [2.24, 2.45) is 11.8 Å². The number of hydrogen-bond acceptors (Lipinski definition) is 4. The van der Waals surface area contributed by atoms with E-state index < -0.39 is 5.82 Å². The molecule has 236 valence electrons. The molecule has 6 heteroatoms. The average molecular weight is 609 g/mol. The highest BCUT2D eigenvalue weighted by Crippen LogP contribution is 2.38. The molecule has 0 spiro atoms. The minimum atomic E-state index is -0.392. The molecule has 2 aromatic carbocycles. The first-order chi connectivity index (χ1) is 20.4. The van der Waals surface area contributed by atoms with Gasteiger partial charge in [-0.25, -0.2) is 9.37 Å². The summed E-state index contributed by atoms with van der Waals surface area (Å²) in [6.45, 7) is 24.5. The van der Waals surface area contributed by atoms with Crippen LogP contribution in [0.1, 0.15) is 102 Å². The Balaban J connectivity index is 0.000000316. The number of piperidine rings is 1. The number of rotatable bonds is 8. The van der Waals surface area contributed by atoms with Crippen LogP contribution in [-0.4, -0.2) is 35.2 Å². The molecule has 0 amide bonds. The van der Waals surface area contributed by atoms with Crippen molar-refractivity contribution in [3.63, 3.8) is 0 Å². The molecule has 2 unspecified atom stereocenters. The first kappa shape index (κ1) is 36.4. The fourth-order valence-electron chi connectivity index (χ4n) is 5.77. The van der Waals surface area contributed by atoms with Gasteiger partial charge in [0.2, 0.25) is 0 Å². The van der Waals surface area contributed by atoms with Crippen molar-refractivity contribution in [1.29, 1.82) is 5.41 Å². The number of hydrogen-bond donors (Lipinski definition) is 2. The summed E-state index contributed by atoms with van der Waals surface area (Å²) in [7, 11) is 0. The highest BCUT2D eigenvalue weighted by molar-refractivity contribution is 6.32. The number of benzene rings is 2. The number of aryl methyl sites for hydroxylation is 2. The maximum absolute atomic E-state index is 15.0. The zero-order valence-electron chi connectivity index (χ0n) is 27.8. The van der Waals surface area contributed by atoms with Crippen LogP contribution < -0.4 is 5.73 Å². The zero-order valence-corrected chi connectivity index (χ0v) is 28.6. The van der Waals surface area contributed by atoms with Gasteiger partial charge in [0.15, 0.2) is 0 Å². The highest BCUT2D eigenvalue weighted by atomic mass is 35.5. The van der Waals surface area contributed by atoms with E-state index in [2.05, 4.69) is 51.1 Å². The van der Waals surface area contributed by atoms with Crippen molar-refractivity contribution < 1.29 is 4.39 Å². The van der Waals surface area contributed by atoms with Crippen LogP contribution in [0.4, 0.5) is 10.2 Å². The summed E-state index contributed by atoms with van der Waals surface area (Å²) >= 11 is 6.29. The van der Waals surface area contributed by atoms with Gasteiger partial charge in [0.05, 0.1) is 5.69 Å². The number of nitrogens with one attached hydrogen (secondary N) is 1. The van der Waals surface area contributed by atoms with E-state index in [9.17, 15) is 4.39 Å². The lowest BCUT2D eigenvalue weighted by Crippen LogP contribution is -2.39. The Bertz CT molecular complexity index is 1370. The number of pyridine rings is 1. The normalized spacial score (nSPS) is 16.6. The van der Waals surface area contributed by atoms with Crippen molar-refractivity contribution in [1.82, 2.24) is 9.88 Å². The van der Waals surface area contributed by atoms with E-state index in [1.54, 1.807) is 19.1 Å². The lowest BCUT2D eigenvalue weighted by Gasteiger charge is -2.34. The summed E-state index contributed by atoms with van der Waals surface area (Å²) in [5.74, 6) is 1.66. The fourth-order valence-corrected chi connectivity index (χ4v) is 6.03. The molecule has 1 fully saturated rings. The Morgan fingerprint density at radius 2 is 1.70 bits per heavy atom. The maximum Gasteiger partial charge on any atom is 0.133 e. The molecule has 4 nitrogen and oxygen atoms in total. The molecule has 2 heterocycles. The SMILES string of the molecule is C=Cc1ccc(-c2nc(N)c(C(C)=N)c3c(C)c(C)cc(F)c23)cc1Cl.CCCC.CCCCCN1CC(C)CC(C)C1. The van der Waals surface area contributed by atoms with Crippen LogP contribution in [0.25, 0.3) is 28.1 Å². The van der Waals surface area contributed by atoms with Crippen LogP contribution >= 0.6 is 11.6 Å². The minimum absolute atomic E-state index is 0.206. The monoisotopic (exact) mass is 608 g/mol. The van der Waals surface area contributed by atoms with Crippen LogP contribution in [-0.2, 0) is 0 Å². The standard InChI is InChI=1S/C21H19ClFN3.C12H25N.C4H10/c1-5-13-6-7-14(9-15(13)22)20-19-16(23)8-10(2)11(3)17(19)18(12(4)24)21(25)26-20;1-4-5-6-7-13-9-11(2)8-12(3)10-13;1-3-4-2/h5-9,24H,1H2,2-4H3,(H2,25,26);11-12H,4-10H2,1-3H3;3-4H2,1-2H3. The molecule has 43 heavy (non-hydrogen) atoms. The Morgan fingerprint density at radius 1 is 1.07 bits per heavy atom. The van der Waals surface area contributed by atoms with Crippen molar-refractivity contribution in [3.05, 3.63) is 63.9 Å². The van der Waals surface area contributed by atoms with Crippen LogP contribution in [0.15, 0.2) is 30.8 Å². The molecule has 0 saturated carbocycles. The van der Waals surface area contributed by atoms with Gasteiger partial charge in [-0.3, -0.25) is 0 Å². The largest absolute Gasteiger partial charge is 0.383 e. The molecular weight excluding hydrogens is 555 g/mol. The number of nitrogens with zero attached hydrogens (tertiary/aromatic N) is 2. The quantitative estimate of drug-likeness (QED) is 0.197. The van der Waals surface area contributed by atoms with Crippen LogP contribution in [0.2, 0.25) is 5.02 Å². The fraction of sp³-hybridized carbons (Fsp3) is 0.514. The van der Waals surface area contributed by atoms with E-state index >= 15 is 0 Å². The van der Waals surface area contributed by atoms with Gasteiger partial charge in [-0.05, 0) is 80.8 Å². The molecule has 0 aliphatic carbocycles. The molecule has 3 N–H and O–H groups in total. The van der Waals surface area contributed by atoms with Crippen molar-refractivity contribution in [2.45, 2.75) is 93.9 Å². The third-order valence-corrected chi connectivity index (χ3v) is 8.49. The molecule has 1 aliphatic rings. The number of halogens is 2. The Morgan fingerprint density at radius 3 is 2.21 bits per heavy atom. The minimum Gasteiger partial charge on any atom is -0.383 e. The summed E-state index contributed by atoms with van der Waals surface area (Å²) in [4.78, 5) is 7.09. The second-order valence-corrected chi connectivity index (χ2v) is 12.7. The second kappa shape index (κ2) is 17.5. The maximum atomic E-state index is 15.0. The molecule has 0 radical (unpaired) electrons. The van der Waals surface area contributed by atoms with E-state index in [1.807, 2.05) is 26.0 Å². The van der Waals surface area contributed by atoms with Crippen LogP contribution in [0.3, 0.4) is 0 Å². The number of nitrogen functional groups attached to an aromatic ring is 1. The number of unbranched alkanes of at least 4 members (excludes halogenated alkanes) is 3. The van der Waals surface area contributed by atoms with E-state index in [0.29, 0.717) is 32.6 Å². The van der Waals surface area contributed by atoms with Crippen molar-refractivity contribution in [2.75, 3.05) is 25.4 Å². The smallest absolute Gasteiger partial charge is 0.133 e. The summed E-state index contributed by atoms with van der Waals surface area (Å²) in [6.07, 6.45) is 9.88. The molecule has 2 atom stereocenters. The number of fused-ring (bicyclic) bond motifs is 1. The molecule has 1 aliphatic heterocycles. The van der Waals surface area contributed by atoms with Gasteiger partial charge in [0.25, 0.3) is 0 Å². The van der Waals surface area contributed by atoms with E-state index in [-0.39, 0.29) is 11.5 Å². The van der Waals surface area contributed by atoms with E-state index in [1.165, 1.54) is 64.2 Å². The summed E-state index contributed by atoms with van der Waals surface area (Å²) in [5, 5.41) is 9.57. The van der Waals surface area contributed by atoms with Crippen LogP contribution in [0, 0.1) is 36.9 Å². The number of aromatic nitrogens is 1. The molecule has 1 aromatic heterocycles. The number of likely N-dealkylation sites (tertiary alicyclic amines) is 1. The van der Waals surface area contributed by atoms with Crippen molar-refractivity contribution in [3.8, 4) is 11.3 Å². The average Bonchev–Trinajstić information content (AvgIpc) is 2.95. The second-order valence-electron chi connectivity index (χ2n) is 12.2. The van der Waals surface area contributed by atoms with Gasteiger partial charge < -0.3 is 16.0 Å². The van der Waals surface area contributed by atoms with Gasteiger partial charge in [-0.1, -0.05) is 96.7 Å². The van der Waals surface area contributed by atoms with Crippen LogP contribution in [0.5, 0.6) is 0 Å². The third kappa shape index (κ3) is 9.87. The lowest BCUT2D eigenvalue weighted by atomic mass is 9.92. The number of anilines is 1. The zero-order chi connectivity index (χ0) is 32.3. The summed E-state index contributed by atoms with van der Waals surface area (Å²) in [5.41, 5.74) is 10.4. The predicted octanol–water partition coefficient (Wildman–Crippen LogP) is 10.9. The topological polar surface area (TPSA) is 66.0 Å².